The summed E-state index contributed by atoms with van der Waals surface area (Å²) < 4.78 is 5.26. The summed E-state index contributed by atoms with van der Waals surface area (Å²) in [4.78, 5) is 17.0. The molecule has 106 valence electrons. The molecule has 0 radical (unpaired) electrons. The third-order valence-corrected chi connectivity index (χ3v) is 4.16. The monoisotopic (exact) mass is 272 g/mol. The van der Waals surface area contributed by atoms with E-state index in [0.29, 0.717) is 5.92 Å². The van der Waals surface area contributed by atoms with Crippen LogP contribution in [0.2, 0.25) is 0 Å². The van der Waals surface area contributed by atoms with E-state index in [1.54, 1.807) is 14.0 Å². The normalized spacial score (nSPS) is 19.3. The zero-order chi connectivity index (χ0) is 14.1. The van der Waals surface area contributed by atoms with E-state index in [1.165, 1.54) is 11.1 Å². The molecule has 1 aliphatic rings. The third-order valence-electron chi connectivity index (χ3n) is 4.16. The minimum Gasteiger partial charge on any atom is -0.497 e. The maximum absolute atomic E-state index is 11.5. The fourth-order valence-corrected chi connectivity index (χ4v) is 3.00. The van der Waals surface area contributed by atoms with Gasteiger partial charge in [-0.1, -0.05) is 0 Å². The molecule has 1 N–H and O–H groups in total. The molecule has 3 rings (SSSR count). The Balaban J connectivity index is 1.88. The second-order valence-corrected chi connectivity index (χ2v) is 5.48. The first-order valence-corrected chi connectivity index (χ1v) is 7.09. The van der Waals surface area contributed by atoms with Crippen LogP contribution in [0.3, 0.4) is 0 Å². The van der Waals surface area contributed by atoms with Gasteiger partial charge in [0.05, 0.1) is 7.11 Å². The average Bonchev–Trinajstić information content (AvgIpc) is 2.90. The predicted molar refractivity (Wildman–Crippen MR) is 79.1 cm³/mol. The van der Waals surface area contributed by atoms with E-state index < -0.39 is 0 Å². The summed E-state index contributed by atoms with van der Waals surface area (Å²) in [6.45, 7) is 3.36. The Morgan fingerprint density at radius 2 is 2.25 bits per heavy atom. The highest BCUT2D eigenvalue weighted by molar-refractivity contribution is 5.82. The molecule has 1 unspecified atom stereocenters. The van der Waals surface area contributed by atoms with Gasteiger partial charge in [-0.3, -0.25) is 4.79 Å². The van der Waals surface area contributed by atoms with E-state index in [0.717, 1.165) is 37.2 Å². The molecule has 1 aromatic heterocycles. The largest absolute Gasteiger partial charge is 0.497 e. The van der Waals surface area contributed by atoms with E-state index in [1.807, 2.05) is 23.1 Å². The molecule has 1 fully saturated rings. The third kappa shape index (κ3) is 2.38. The lowest BCUT2D eigenvalue weighted by molar-refractivity contribution is -0.130. The van der Waals surface area contributed by atoms with Gasteiger partial charge in [0.1, 0.15) is 5.75 Å². The van der Waals surface area contributed by atoms with Crippen molar-refractivity contribution < 1.29 is 9.53 Å². The number of aromatic nitrogens is 1. The molecule has 1 aromatic carbocycles. The summed E-state index contributed by atoms with van der Waals surface area (Å²) in [5.41, 5.74) is 2.35. The fourth-order valence-electron chi connectivity index (χ4n) is 3.00. The maximum Gasteiger partial charge on any atom is 0.219 e. The summed E-state index contributed by atoms with van der Waals surface area (Å²) in [5, 5.41) is 1.17. The van der Waals surface area contributed by atoms with Gasteiger partial charge in [0.2, 0.25) is 5.91 Å². The number of amides is 1. The van der Waals surface area contributed by atoms with Crippen LogP contribution in [0.25, 0.3) is 10.9 Å². The summed E-state index contributed by atoms with van der Waals surface area (Å²) >= 11 is 0. The molecule has 0 aliphatic carbocycles. The van der Waals surface area contributed by atoms with E-state index in [4.69, 9.17) is 4.74 Å². The number of aromatic amines is 1. The van der Waals surface area contributed by atoms with Crippen molar-refractivity contribution in [1.29, 1.82) is 0 Å². The van der Waals surface area contributed by atoms with Gasteiger partial charge in [-0.15, -0.1) is 0 Å². The van der Waals surface area contributed by atoms with Crippen LogP contribution in [0.5, 0.6) is 5.75 Å². The van der Waals surface area contributed by atoms with E-state index in [2.05, 4.69) is 11.1 Å². The van der Waals surface area contributed by atoms with Crippen molar-refractivity contribution in [2.45, 2.75) is 25.7 Å². The number of rotatable bonds is 2. The highest BCUT2D eigenvalue weighted by atomic mass is 16.5. The summed E-state index contributed by atoms with van der Waals surface area (Å²) in [5.74, 6) is 1.45. The highest BCUT2D eigenvalue weighted by Crippen LogP contribution is 2.30. The molecule has 0 bridgehead atoms. The molecule has 0 spiro atoms. The second-order valence-electron chi connectivity index (χ2n) is 5.48. The van der Waals surface area contributed by atoms with Crippen molar-refractivity contribution >= 4 is 16.8 Å². The number of benzene rings is 1. The highest BCUT2D eigenvalue weighted by Gasteiger charge is 2.24. The average molecular weight is 272 g/mol. The minimum absolute atomic E-state index is 0.174. The molecular formula is C16H20N2O2. The molecule has 4 nitrogen and oxygen atoms in total. The van der Waals surface area contributed by atoms with Crippen LogP contribution in [0, 0.1) is 0 Å². The number of piperidine rings is 1. The van der Waals surface area contributed by atoms with Gasteiger partial charge in [-0.05, 0) is 37.1 Å². The Morgan fingerprint density at radius 3 is 3.00 bits per heavy atom. The number of nitrogens with zero attached hydrogens (tertiary/aromatic N) is 1. The molecule has 1 saturated heterocycles. The quantitative estimate of drug-likeness (QED) is 0.913. The molecule has 1 aliphatic heterocycles. The number of carbonyl (C=O) groups is 1. The van der Waals surface area contributed by atoms with Crippen molar-refractivity contribution in [2.24, 2.45) is 0 Å². The first-order valence-electron chi connectivity index (χ1n) is 7.09. The van der Waals surface area contributed by atoms with Gasteiger partial charge in [0.15, 0.2) is 0 Å². The van der Waals surface area contributed by atoms with E-state index in [-0.39, 0.29) is 5.91 Å². The van der Waals surface area contributed by atoms with Crippen LogP contribution in [0.15, 0.2) is 24.3 Å². The summed E-state index contributed by atoms with van der Waals surface area (Å²) in [7, 11) is 1.68. The first-order chi connectivity index (χ1) is 9.67. The topological polar surface area (TPSA) is 45.3 Å². The number of nitrogens with one attached hydrogen (secondary N) is 1. The van der Waals surface area contributed by atoms with Gasteiger partial charge in [0.25, 0.3) is 0 Å². The Labute approximate surface area is 118 Å². The Hall–Kier alpha value is -1.97. The van der Waals surface area contributed by atoms with Crippen LogP contribution in [-0.4, -0.2) is 36.0 Å². The maximum atomic E-state index is 11.5. The SMILES string of the molecule is COc1ccc2[nH]c(C3CCCN(C(C)=O)C3)cc2c1. The molecule has 4 heteroatoms. The first kappa shape index (κ1) is 13.0. The number of H-pyrrole nitrogens is 1. The number of fused-ring (bicyclic) bond motifs is 1. The van der Waals surface area contributed by atoms with Crippen LogP contribution >= 0.6 is 0 Å². The minimum atomic E-state index is 0.174. The zero-order valence-corrected chi connectivity index (χ0v) is 12.0. The molecule has 0 saturated carbocycles. The van der Waals surface area contributed by atoms with Gasteiger partial charge in [-0.2, -0.15) is 0 Å². The van der Waals surface area contributed by atoms with Gasteiger partial charge < -0.3 is 14.6 Å². The van der Waals surface area contributed by atoms with Gasteiger partial charge in [-0.25, -0.2) is 0 Å². The Bertz CT molecular complexity index is 632. The summed E-state index contributed by atoms with van der Waals surface area (Å²) in [6.07, 6.45) is 2.21. The lowest BCUT2D eigenvalue weighted by Gasteiger charge is -2.31. The lowest BCUT2D eigenvalue weighted by Crippen LogP contribution is -2.37. The standard InChI is InChI=1S/C16H20N2O2/c1-11(19)18-7-3-4-12(10-18)16-9-13-8-14(20-2)5-6-15(13)17-16/h5-6,8-9,12,17H,3-4,7,10H2,1-2H3. The van der Waals surface area contributed by atoms with Gasteiger partial charge in [0, 0.05) is 42.5 Å². The van der Waals surface area contributed by atoms with Crippen molar-refractivity contribution in [3.8, 4) is 5.75 Å². The smallest absolute Gasteiger partial charge is 0.219 e. The lowest BCUT2D eigenvalue weighted by atomic mass is 9.95. The fraction of sp³-hybridized carbons (Fsp3) is 0.438. The Kier molecular flexibility index (Phi) is 3.38. The number of carbonyl (C=O) groups excluding carboxylic acids is 1. The molecule has 1 atom stereocenters. The van der Waals surface area contributed by atoms with Crippen LogP contribution in [-0.2, 0) is 4.79 Å². The van der Waals surface area contributed by atoms with E-state index in [9.17, 15) is 4.79 Å². The number of likely N-dealkylation sites (tertiary alicyclic amines) is 1. The molecule has 2 heterocycles. The van der Waals surface area contributed by atoms with Gasteiger partial charge >= 0.3 is 0 Å². The molecular weight excluding hydrogens is 252 g/mol. The van der Waals surface area contributed by atoms with Crippen LogP contribution in [0.4, 0.5) is 0 Å². The molecule has 1 amide bonds. The number of hydrogen-bond acceptors (Lipinski definition) is 2. The summed E-state index contributed by atoms with van der Waals surface area (Å²) in [6, 6.07) is 8.24. The number of hydrogen-bond donors (Lipinski definition) is 1. The zero-order valence-electron chi connectivity index (χ0n) is 12.0. The second kappa shape index (κ2) is 5.19. The van der Waals surface area contributed by atoms with Crippen molar-refractivity contribution in [3.05, 3.63) is 30.0 Å². The molecule has 20 heavy (non-hydrogen) atoms. The van der Waals surface area contributed by atoms with Crippen molar-refractivity contribution in [1.82, 2.24) is 9.88 Å². The van der Waals surface area contributed by atoms with Crippen molar-refractivity contribution in [2.75, 3.05) is 20.2 Å². The van der Waals surface area contributed by atoms with E-state index >= 15 is 0 Å². The Morgan fingerprint density at radius 1 is 1.40 bits per heavy atom. The predicted octanol–water partition coefficient (Wildman–Crippen LogP) is 2.90. The van der Waals surface area contributed by atoms with Crippen LogP contribution < -0.4 is 4.74 Å². The van der Waals surface area contributed by atoms with Crippen LogP contribution in [0.1, 0.15) is 31.4 Å². The number of methoxy groups -OCH3 is 1. The van der Waals surface area contributed by atoms with Crippen molar-refractivity contribution in [3.63, 3.8) is 0 Å². The molecule has 2 aromatic rings. The number of ether oxygens (including phenoxy) is 1.